The van der Waals surface area contributed by atoms with Gasteiger partial charge in [-0.25, -0.2) is 4.79 Å². The molecule has 2 aromatic carbocycles. The number of fused-ring (bicyclic) bond motifs is 3. The van der Waals surface area contributed by atoms with E-state index in [1.807, 2.05) is 0 Å². The molecule has 2 N–H and O–H groups in total. The fourth-order valence-corrected chi connectivity index (χ4v) is 3.95. The summed E-state index contributed by atoms with van der Waals surface area (Å²) in [6.45, 7) is 0.538. The lowest BCUT2D eigenvalue weighted by atomic mass is 10.1. The normalized spacial score (nSPS) is 18.4. The highest BCUT2D eigenvalue weighted by Crippen LogP contribution is 2.31. The molecule has 0 bridgehead atoms. The minimum atomic E-state index is -0.715. The molecule has 5 rings (SSSR count). The lowest BCUT2D eigenvalue weighted by Crippen LogP contribution is -2.40. The number of amides is 2. The molecule has 1 atom stereocenters. The Hall–Kier alpha value is -3.94. The predicted molar refractivity (Wildman–Crippen MR) is 111 cm³/mol. The number of nitrogens with zero attached hydrogens (tertiary/aromatic N) is 2. The number of hydrogen-bond donors (Lipinski definition) is 2. The molecule has 3 heterocycles. The van der Waals surface area contributed by atoms with Crippen molar-refractivity contribution in [3.8, 4) is 5.75 Å². The molecule has 1 aromatic heterocycles. The van der Waals surface area contributed by atoms with Gasteiger partial charge in [0.25, 0.3) is 5.91 Å². The van der Waals surface area contributed by atoms with Crippen LogP contribution in [0.25, 0.3) is 11.0 Å². The smallest absolute Gasteiger partial charge is 0.348 e. The number of carbonyl (C=O) groups excluding carboxylic acids is 2. The average molecular weight is 403 g/mol. The lowest BCUT2D eigenvalue weighted by molar-refractivity contribution is -0.119. The van der Waals surface area contributed by atoms with Crippen molar-refractivity contribution in [1.29, 1.82) is 0 Å². The van der Waals surface area contributed by atoms with Crippen molar-refractivity contribution in [3.05, 3.63) is 64.0 Å². The molecule has 2 aliphatic rings. The summed E-state index contributed by atoms with van der Waals surface area (Å²) < 4.78 is 5.23. The van der Waals surface area contributed by atoms with E-state index in [0.29, 0.717) is 35.3 Å². The molecule has 0 aliphatic carbocycles. The van der Waals surface area contributed by atoms with Crippen LogP contribution in [0, 0.1) is 0 Å². The Morgan fingerprint density at radius 1 is 1.17 bits per heavy atom. The molecule has 0 saturated carbocycles. The summed E-state index contributed by atoms with van der Waals surface area (Å²) in [5.41, 5.74) is 0.670. The standard InChI is InChI=1S/C22H17N3O5/c26-19-13-4-1-2-6-18(13)30-22(29)15(19)11-23-12-7-8-16-14(10-12)21(28)25-9-3-5-17(25)20(27)24-16/h1-2,4,6-8,10-11,17,26H,3,5,9H2,(H,24,27). The van der Waals surface area contributed by atoms with Gasteiger partial charge >= 0.3 is 5.63 Å². The van der Waals surface area contributed by atoms with Crippen LogP contribution in [-0.2, 0) is 4.79 Å². The molecule has 2 amide bonds. The quantitative estimate of drug-likeness (QED) is 0.505. The van der Waals surface area contributed by atoms with Crippen LogP contribution in [0.15, 0.2) is 56.7 Å². The van der Waals surface area contributed by atoms with Crippen LogP contribution >= 0.6 is 0 Å². The van der Waals surface area contributed by atoms with E-state index in [-0.39, 0.29) is 28.7 Å². The van der Waals surface area contributed by atoms with Crippen LogP contribution in [0.3, 0.4) is 0 Å². The Labute approximate surface area is 170 Å². The third-order valence-electron chi connectivity index (χ3n) is 5.47. The average Bonchev–Trinajstić information content (AvgIpc) is 3.21. The van der Waals surface area contributed by atoms with Crippen LogP contribution in [0.1, 0.15) is 28.8 Å². The van der Waals surface area contributed by atoms with E-state index >= 15 is 0 Å². The van der Waals surface area contributed by atoms with Crippen molar-refractivity contribution < 1.29 is 19.1 Å². The summed E-state index contributed by atoms with van der Waals surface area (Å²) in [4.78, 5) is 43.4. The maximum atomic E-state index is 12.9. The number of aliphatic imine (C=N–C) groups is 1. The zero-order chi connectivity index (χ0) is 20.8. The van der Waals surface area contributed by atoms with E-state index < -0.39 is 11.7 Å². The van der Waals surface area contributed by atoms with E-state index in [4.69, 9.17) is 4.42 Å². The van der Waals surface area contributed by atoms with Crippen LogP contribution in [0.5, 0.6) is 5.75 Å². The van der Waals surface area contributed by atoms with Crippen LogP contribution in [0.2, 0.25) is 0 Å². The number of carbonyl (C=O) groups is 2. The molecule has 0 spiro atoms. The third kappa shape index (κ3) is 2.85. The maximum absolute atomic E-state index is 12.9. The van der Waals surface area contributed by atoms with Gasteiger partial charge in [-0.15, -0.1) is 0 Å². The van der Waals surface area contributed by atoms with Gasteiger partial charge in [0.1, 0.15) is 22.9 Å². The van der Waals surface area contributed by atoms with Gasteiger partial charge in [-0.3, -0.25) is 14.6 Å². The summed E-state index contributed by atoms with van der Waals surface area (Å²) in [5, 5.41) is 13.7. The largest absolute Gasteiger partial charge is 0.506 e. The fraction of sp³-hybridized carbons (Fsp3) is 0.182. The molecular formula is C22H17N3O5. The van der Waals surface area contributed by atoms with Crippen LogP contribution < -0.4 is 10.9 Å². The lowest BCUT2D eigenvalue weighted by Gasteiger charge is -2.19. The SMILES string of the molecule is O=C1Nc2ccc(N=Cc3c(O)c4ccccc4oc3=O)cc2C(=O)N2CCCC12. The van der Waals surface area contributed by atoms with Gasteiger partial charge in [0, 0.05) is 12.8 Å². The van der Waals surface area contributed by atoms with Crippen LogP contribution in [0.4, 0.5) is 11.4 Å². The molecule has 2 aliphatic heterocycles. The van der Waals surface area contributed by atoms with Gasteiger partial charge in [-0.1, -0.05) is 12.1 Å². The number of hydrogen-bond acceptors (Lipinski definition) is 6. The first-order valence-electron chi connectivity index (χ1n) is 9.58. The maximum Gasteiger partial charge on any atom is 0.348 e. The second-order valence-corrected chi connectivity index (χ2v) is 7.28. The number of nitrogens with one attached hydrogen (secondary N) is 1. The number of aromatic hydroxyl groups is 1. The number of anilines is 1. The van der Waals surface area contributed by atoms with Gasteiger partial charge in [-0.05, 0) is 43.2 Å². The minimum absolute atomic E-state index is 0.0807. The Bertz CT molecular complexity index is 1290. The topological polar surface area (TPSA) is 112 Å². The number of rotatable bonds is 2. The summed E-state index contributed by atoms with van der Waals surface area (Å²) >= 11 is 0. The van der Waals surface area contributed by atoms with Crippen molar-refractivity contribution in [2.45, 2.75) is 18.9 Å². The monoisotopic (exact) mass is 403 g/mol. The summed E-state index contributed by atoms with van der Waals surface area (Å²) in [6, 6.07) is 11.0. The molecule has 1 saturated heterocycles. The highest BCUT2D eigenvalue weighted by atomic mass is 16.4. The Morgan fingerprint density at radius 3 is 2.87 bits per heavy atom. The Balaban J connectivity index is 1.53. The van der Waals surface area contributed by atoms with Crippen LogP contribution in [-0.4, -0.2) is 40.6 Å². The second-order valence-electron chi connectivity index (χ2n) is 7.28. The van der Waals surface area contributed by atoms with Crippen molar-refractivity contribution in [1.82, 2.24) is 4.90 Å². The number of benzene rings is 2. The molecular weight excluding hydrogens is 386 g/mol. The van der Waals surface area contributed by atoms with Gasteiger partial charge < -0.3 is 19.7 Å². The molecule has 3 aromatic rings. The third-order valence-corrected chi connectivity index (χ3v) is 5.47. The summed E-state index contributed by atoms with van der Waals surface area (Å²) in [5.74, 6) is -0.630. The van der Waals surface area contributed by atoms with E-state index in [1.165, 1.54) is 6.21 Å². The zero-order valence-electron chi connectivity index (χ0n) is 15.8. The molecule has 150 valence electrons. The summed E-state index contributed by atoms with van der Waals surface area (Å²) in [6.07, 6.45) is 2.65. The minimum Gasteiger partial charge on any atom is -0.506 e. The number of para-hydroxylation sites is 1. The van der Waals surface area contributed by atoms with Gasteiger partial charge in [0.05, 0.1) is 22.3 Å². The van der Waals surface area contributed by atoms with Crippen molar-refractivity contribution in [3.63, 3.8) is 0 Å². The predicted octanol–water partition coefficient (Wildman–Crippen LogP) is 2.81. The van der Waals surface area contributed by atoms with E-state index in [2.05, 4.69) is 10.3 Å². The first kappa shape index (κ1) is 18.1. The highest BCUT2D eigenvalue weighted by molar-refractivity contribution is 6.10. The van der Waals surface area contributed by atoms with Gasteiger partial charge in [0.15, 0.2) is 0 Å². The Kier molecular flexibility index (Phi) is 4.13. The van der Waals surface area contributed by atoms with E-state index in [0.717, 1.165) is 6.42 Å². The highest BCUT2D eigenvalue weighted by Gasteiger charge is 2.38. The molecule has 0 radical (unpaired) electrons. The molecule has 8 nitrogen and oxygen atoms in total. The molecule has 1 unspecified atom stereocenters. The first-order valence-corrected chi connectivity index (χ1v) is 9.58. The second kappa shape index (κ2) is 6.84. The Morgan fingerprint density at radius 2 is 2.00 bits per heavy atom. The van der Waals surface area contributed by atoms with E-state index in [9.17, 15) is 19.5 Å². The van der Waals surface area contributed by atoms with Crippen molar-refractivity contribution in [2.75, 3.05) is 11.9 Å². The molecule has 1 fully saturated rings. The van der Waals surface area contributed by atoms with Crippen molar-refractivity contribution in [2.24, 2.45) is 4.99 Å². The van der Waals surface area contributed by atoms with Gasteiger partial charge in [-0.2, -0.15) is 0 Å². The first-order chi connectivity index (χ1) is 14.5. The molecule has 8 heteroatoms. The van der Waals surface area contributed by atoms with E-state index in [1.54, 1.807) is 47.4 Å². The fourth-order valence-electron chi connectivity index (χ4n) is 3.95. The molecule has 30 heavy (non-hydrogen) atoms. The van der Waals surface area contributed by atoms with Gasteiger partial charge in [0.2, 0.25) is 5.91 Å². The summed E-state index contributed by atoms with van der Waals surface area (Å²) in [7, 11) is 0. The van der Waals surface area contributed by atoms with Crippen molar-refractivity contribution >= 4 is 40.4 Å². The zero-order valence-corrected chi connectivity index (χ0v) is 15.8.